The van der Waals surface area contributed by atoms with Gasteiger partial charge in [-0.25, -0.2) is 19.9 Å². The number of pyridine rings is 1. The highest BCUT2D eigenvalue weighted by Crippen LogP contribution is 2.35. The van der Waals surface area contributed by atoms with Crippen LogP contribution in [0.2, 0.25) is 10.0 Å². The molecule has 1 fully saturated rings. The Hall–Kier alpha value is -2.94. The van der Waals surface area contributed by atoms with E-state index in [2.05, 4.69) is 35.5 Å². The van der Waals surface area contributed by atoms with Gasteiger partial charge in [-0.2, -0.15) is 0 Å². The number of hydrogen-bond donors (Lipinski definition) is 3. The molecule has 0 saturated carbocycles. The van der Waals surface area contributed by atoms with Crippen LogP contribution in [0.1, 0.15) is 0 Å². The number of nitrogens with one attached hydrogen (secondary N) is 3. The Labute approximate surface area is 182 Å². The van der Waals surface area contributed by atoms with Crippen molar-refractivity contribution in [1.29, 1.82) is 0 Å². The van der Waals surface area contributed by atoms with Crippen molar-refractivity contribution in [3.8, 4) is 11.4 Å². The second kappa shape index (κ2) is 8.06. The first-order valence-electron chi connectivity index (χ1n) is 9.53. The van der Waals surface area contributed by atoms with Crippen LogP contribution in [0.3, 0.4) is 0 Å². The molecule has 0 atom stereocenters. The second-order valence-electron chi connectivity index (χ2n) is 6.86. The summed E-state index contributed by atoms with van der Waals surface area (Å²) in [5.74, 6) is 2.70. The summed E-state index contributed by atoms with van der Waals surface area (Å²) >= 11 is 12.7. The van der Waals surface area contributed by atoms with Crippen molar-refractivity contribution in [2.75, 3.05) is 36.4 Å². The Kier molecular flexibility index (Phi) is 5.12. The largest absolute Gasteiger partial charge is 0.354 e. The fourth-order valence-electron chi connectivity index (χ4n) is 3.47. The van der Waals surface area contributed by atoms with Gasteiger partial charge in [-0.15, -0.1) is 0 Å². The number of fused-ring (bicyclic) bond motifs is 1. The van der Waals surface area contributed by atoms with Crippen LogP contribution in [0, 0.1) is 0 Å². The molecule has 0 bridgehead atoms. The number of hydrogen-bond acceptors (Lipinski definition) is 7. The van der Waals surface area contributed by atoms with E-state index in [0.717, 1.165) is 37.5 Å². The summed E-state index contributed by atoms with van der Waals surface area (Å²) in [6.45, 7) is 3.69. The van der Waals surface area contributed by atoms with Crippen molar-refractivity contribution in [2.24, 2.45) is 0 Å². The molecule has 0 unspecified atom stereocenters. The highest BCUT2D eigenvalue weighted by atomic mass is 35.5. The van der Waals surface area contributed by atoms with Crippen LogP contribution in [0.25, 0.3) is 22.4 Å². The second-order valence-corrected chi connectivity index (χ2v) is 7.68. The Morgan fingerprint density at radius 3 is 2.60 bits per heavy atom. The number of imidazole rings is 1. The smallest absolute Gasteiger partial charge is 0.159 e. The van der Waals surface area contributed by atoms with Gasteiger partial charge in [-0.05, 0) is 18.2 Å². The predicted octanol–water partition coefficient (Wildman–Crippen LogP) is 3.87. The highest BCUT2D eigenvalue weighted by Gasteiger charge is 2.16. The molecule has 30 heavy (non-hydrogen) atoms. The molecule has 0 radical (unpaired) electrons. The Balaban J connectivity index is 1.49. The molecular weight excluding hydrogens is 423 g/mol. The lowest BCUT2D eigenvalue weighted by Gasteiger charge is -2.28. The van der Waals surface area contributed by atoms with E-state index in [-0.39, 0.29) is 0 Å². The average molecular weight is 441 g/mol. The minimum Gasteiger partial charge on any atom is -0.354 e. The summed E-state index contributed by atoms with van der Waals surface area (Å²) in [6.07, 6.45) is 3.26. The number of aromatic amines is 1. The van der Waals surface area contributed by atoms with Crippen LogP contribution in [-0.2, 0) is 0 Å². The standard InChI is InChI=1S/C20H18Cl2N8/c21-12-2-1-3-13(22)17(12)19-27-14-4-5-24-20(18(14)29-19)28-15-10-16(26-11-25-15)30-8-6-23-7-9-30/h1-5,10-11,23H,6-9H2,(H,27,29)(H,24,25,26,28). The molecule has 0 spiro atoms. The molecule has 1 aliphatic heterocycles. The van der Waals surface area contributed by atoms with E-state index in [9.17, 15) is 0 Å². The molecule has 10 heteroatoms. The topological polar surface area (TPSA) is 94.7 Å². The first-order chi connectivity index (χ1) is 14.7. The molecule has 5 rings (SSSR count). The maximum atomic E-state index is 6.35. The number of halogens is 2. The fraction of sp³-hybridized carbons (Fsp3) is 0.200. The summed E-state index contributed by atoms with van der Waals surface area (Å²) < 4.78 is 0. The SMILES string of the molecule is Clc1cccc(Cl)c1-c1nc2c(Nc3cc(N4CCNCC4)ncn3)nccc2[nH]1. The Morgan fingerprint density at radius 2 is 1.80 bits per heavy atom. The molecule has 0 aliphatic carbocycles. The van der Waals surface area contributed by atoms with E-state index in [1.807, 2.05) is 12.1 Å². The zero-order valence-electron chi connectivity index (χ0n) is 15.9. The van der Waals surface area contributed by atoms with Gasteiger partial charge in [-0.1, -0.05) is 29.3 Å². The maximum absolute atomic E-state index is 6.35. The van der Waals surface area contributed by atoms with Gasteiger partial charge in [0.05, 0.1) is 21.1 Å². The molecule has 0 amide bonds. The number of benzene rings is 1. The summed E-state index contributed by atoms with van der Waals surface area (Å²) in [4.78, 5) is 23.4. The zero-order valence-corrected chi connectivity index (χ0v) is 17.4. The van der Waals surface area contributed by atoms with Gasteiger partial charge in [0.15, 0.2) is 5.82 Å². The van der Waals surface area contributed by atoms with Crippen molar-refractivity contribution < 1.29 is 0 Å². The Morgan fingerprint density at radius 1 is 1.00 bits per heavy atom. The van der Waals surface area contributed by atoms with Crippen molar-refractivity contribution in [3.05, 3.63) is 52.9 Å². The van der Waals surface area contributed by atoms with Gasteiger partial charge < -0.3 is 20.5 Å². The van der Waals surface area contributed by atoms with Gasteiger partial charge in [-0.3, -0.25) is 0 Å². The van der Waals surface area contributed by atoms with Gasteiger partial charge in [0, 0.05) is 38.4 Å². The van der Waals surface area contributed by atoms with Crippen LogP contribution >= 0.6 is 23.2 Å². The monoisotopic (exact) mass is 440 g/mol. The van der Waals surface area contributed by atoms with Gasteiger partial charge in [0.25, 0.3) is 0 Å². The average Bonchev–Trinajstić information content (AvgIpc) is 3.19. The van der Waals surface area contributed by atoms with Crippen molar-refractivity contribution in [3.63, 3.8) is 0 Å². The predicted molar refractivity (Wildman–Crippen MR) is 120 cm³/mol. The fourth-order valence-corrected chi connectivity index (χ4v) is 4.05. The molecule has 3 aromatic heterocycles. The van der Waals surface area contributed by atoms with Crippen LogP contribution in [0.5, 0.6) is 0 Å². The molecule has 4 aromatic rings. The summed E-state index contributed by atoms with van der Waals surface area (Å²) in [5, 5.41) is 7.67. The molecule has 4 heterocycles. The summed E-state index contributed by atoms with van der Waals surface area (Å²) in [5.41, 5.74) is 2.15. The number of piperazine rings is 1. The molecule has 1 aromatic carbocycles. The third-order valence-corrected chi connectivity index (χ3v) is 5.57. The third kappa shape index (κ3) is 3.65. The Bertz CT molecular complexity index is 1180. The lowest BCUT2D eigenvalue weighted by Crippen LogP contribution is -2.43. The van der Waals surface area contributed by atoms with E-state index in [1.54, 1.807) is 30.7 Å². The normalized spacial score (nSPS) is 14.3. The number of anilines is 3. The zero-order chi connectivity index (χ0) is 20.5. The van der Waals surface area contributed by atoms with Gasteiger partial charge in [0.2, 0.25) is 0 Å². The van der Waals surface area contributed by atoms with E-state index in [1.165, 1.54) is 0 Å². The van der Waals surface area contributed by atoms with E-state index in [4.69, 9.17) is 28.2 Å². The number of nitrogens with zero attached hydrogens (tertiary/aromatic N) is 5. The molecule has 1 saturated heterocycles. The summed E-state index contributed by atoms with van der Waals surface area (Å²) in [6, 6.07) is 9.15. The first-order valence-corrected chi connectivity index (χ1v) is 10.3. The van der Waals surface area contributed by atoms with Crippen LogP contribution in [-0.4, -0.2) is 51.1 Å². The molecule has 152 valence electrons. The minimum absolute atomic E-state index is 0.528. The third-order valence-electron chi connectivity index (χ3n) is 4.94. The first kappa shape index (κ1) is 19.0. The van der Waals surface area contributed by atoms with E-state index >= 15 is 0 Å². The molecular formula is C20H18Cl2N8. The lowest BCUT2D eigenvalue weighted by atomic mass is 10.2. The quantitative estimate of drug-likeness (QED) is 0.443. The number of H-pyrrole nitrogens is 1. The highest BCUT2D eigenvalue weighted by molar-refractivity contribution is 6.39. The lowest BCUT2D eigenvalue weighted by molar-refractivity contribution is 0.584. The summed E-state index contributed by atoms with van der Waals surface area (Å²) in [7, 11) is 0. The van der Waals surface area contributed by atoms with Crippen molar-refractivity contribution in [2.45, 2.75) is 0 Å². The van der Waals surface area contributed by atoms with Crippen LogP contribution in [0.15, 0.2) is 42.9 Å². The molecule has 8 nitrogen and oxygen atoms in total. The van der Waals surface area contributed by atoms with E-state index in [0.29, 0.717) is 38.6 Å². The molecule has 1 aliphatic rings. The maximum Gasteiger partial charge on any atom is 0.159 e. The number of rotatable bonds is 4. The van der Waals surface area contributed by atoms with Gasteiger partial charge in [0.1, 0.15) is 29.3 Å². The van der Waals surface area contributed by atoms with Crippen molar-refractivity contribution >= 4 is 51.7 Å². The van der Waals surface area contributed by atoms with Crippen molar-refractivity contribution in [1.82, 2.24) is 30.2 Å². The van der Waals surface area contributed by atoms with Gasteiger partial charge >= 0.3 is 0 Å². The van der Waals surface area contributed by atoms with E-state index < -0.39 is 0 Å². The van der Waals surface area contributed by atoms with Crippen LogP contribution < -0.4 is 15.5 Å². The number of aromatic nitrogens is 5. The molecule has 3 N–H and O–H groups in total. The minimum atomic E-state index is 0.528. The van der Waals surface area contributed by atoms with Crippen LogP contribution in [0.4, 0.5) is 17.5 Å².